The van der Waals surface area contributed by atoms with Gasteiger partial charge in [-0.1, -0.05) is 13.8 Å². The fourth-order valence-corrected chi connectivity index (χ4v) is 5.04. The fourth-order valence-electron chi connectivity index (χ4n) is 5.04. The van der Waals surface area contributed by atoms with Crippen LogP contribution in [0.1, 0.15) is 46.0 Å². The molecule has 4 aliphatic rings. The summed E-state index contributed by atoms with van der Waals surface area (Å²) in [5.41, 5.74) is 0.122. The van der Waals surface area contributed by atoms with E-state index >= 15 is 0 Å². The quantitative estimate of drug-likeness (QED) is 0.630. The van der Waals surface area contributed by atoms with Crippen LogP contribution in [0.25, 0.3) is 0 Å². The molecule has 0 amide bonds. The van der Waals surface area contributed by atoms with Gasteiger partial charge in [0.25, 0.3) is 0 Å². The van der Waals surface area contributed by atoms with Crippen molar-refractivity contribution in [1.29, 1.82) is 0 Å². The highest BCUT2D eigenvalue weighted by Gasteiger charge is 2.67. The van der Waals surface area contributed by atoms with Crippen molar-refractivity contribution in [2.75, 3.05) is 0 Å². The Morgan fingerprint density at radius 1 is 1.14 bits per heavy atom. The van der Waals surface area contributed by atoms with Crippen molar-refractivity contribution in [3.05, 3.63) is 0 Å². The van der Waals surface area contributed by atoms with Crippen LogP contribution in [0.3, 0.4) is 0 Å². The van der Waals surface area contributed by atoms with Gasteiger partial charge in [0.2, 0.25) is 0 Å². The van der Waals surface area contributed by atoms with Crippen LogP contribution in [0.15, 0.2) is 0 Å². The molecule has 2 nitrogen and oxygen atoms in total. The summed E-state index contributed by atoms with van der Waals surface area (Å²) < 4.78 is 0. The van der Waals surface area contributed by atoms with Gasteiger partial charge in [0.05, 0.1) is 0 Å². The van der Waals surface area contributed by atoms with Crippen molar-refractivity contribution in [2.24, 2.45) is 22.2 Å². The van der Waals surface area contributed by atoms with Crippen LogP contribution in [0.2, 0.25) is 0 Å². The minimum Gasteiger partial charge on any atom is -0.550 e. The van der Waals surface area contributed by atoms with E-state index in [2.05, 4.69) is 13.8 Å². The Bertz CT molecular complexity index is 302. The molecule has 4 atom stereocenters. The minimum absolute atomic E-state index is 0.288. The van der Waals surface area contributed by atoms with E-state index in [-0.39, 0.29) is 10.8 Å². The number of hydrogen-bond donors (Lipinski definition) is 0. The van der Waals surface area contributed by atoms with Crippen LogP contribution in [0.5, 0.6) is 0 Å². The zero-order valence-electron chi connectivity index (χ0n) is 8.93. The van der Waals surface area contributed by atoms with Gasteiger partial charge in [-0.25, -0.2) is 0 Å². The van der Waals surface area contributed by atoms with Gasteiger partial charge in [0.1, 0.15) is 0 Å². The Kier molecular flexibility index (Phi) is 1.27. The molecule has 4 fully saturated rings. The van der Waals surface area contributed by atoms with Gasteiger partial charge in [-0.05, 0) is 48.9 Å². The highest BCUT2D eigenvalue weighted by Crippen LogP contribution is 2.75. The molecule has 0 heterocycles. The molecular weight excluding hydrogens is 176 g/mol. The third-order valence-electron chi connectivity index (χ3n) is 5.51. The number of aliphatic carboxylic acids is 1. The Balaban J connectivity index is 2.09. The first-order valence-corrected chi connectivity index (χ1v) is 5.61. The molecule has 0 spiro atoms. The van der Waals surface area contributed by atoms with Gasteiger partial charge in [0, 0.05) is 11.4 Å². The molecule has 4 rings (SSSR count). The average Bonchev–Trinajstić information content (AvgIpc) is 2.25. The summed E-state index contributed by atoms with van der Waals surface area (Å²) in [4.78, 5) is 11.3. The highest BCUT2D eigenvalue weighted by atomic mass is 16.4. The van der Waals surface area contributed by atoms with Crippen LogP contribution >= 0.6 is 0 Å². The van der Waals surface area contributed by atoms with Crippen LogP contribution in [0, 0.1) is 22.2 Å². The number of carbonyl (C=O) groups is 1. The molecule has 4 bridgehead atoms. The van der Waals surface area contributed by atoms with Gasteiger partial charge >= 0.3 is 0 Å². The van der Waals surface area contributed by atoms with E-state index in [1.54, 1.807) is 0 Å². The second-order valence-corrected chi connectivity index (χ2v) is 6.52. The summed E-state index contributed by atoms with van der Waals surface area (Å²) in [6.07, 6.45) is 5.13. The van der Waals surface area contributed by atoms with E-state index in [9.17, 15) is 9.90 Å². The lowest BCUT2D eigenvalue weighted by molar-refractivity contribution is -0.322. The summed E-state index contributed by atoms with van der Waals surface area (Å²) >= 11 is 0. The molecule has 0 aromatic rings. The number of carboxylic acids is 1. The van der Waals surface area contributed by atoms with Crippen LogP contribution in [-0.4, -0.2) is 5.97 Å². The first-order valence-electron chi connectivity index (χ1n) is 5.61. The molecule has 0 aromatic carbocycles. The van der Waals surface area contributed by atoms with Crippen molar-refractivity contribution in [1.82, 2.24) is 0 Å². The highest BCUT2D eigenvalue weighted by molar-refractivity contribution is 5.74. The molecule has 2 unspecified atom stereocenters. The molecule has 0 aromatic heterocycles. The topological polar surface area (TPSA) is 40.1 Å². The van der Waals surface area contributed by atoms with E-state index in [1.165, 1.54) is 12.8 Å². The first-order chi connectivity index (χ1) is 6.39. The Labute approximate surface area is 84.7 Å². The van der Waals surface area contributed by atoms with Crippen molar-refractivity contribution in [3.8, 4) is 0 Å². The van der Waals surface area contributed by atoms with Crippen LogP contribution < -0.4 is 5.11 Å². The van der Waals surface area contributed by atoms with E-state index in [0.717, 1.165) is 19.3 Å². The molecule has 78 valence electrons. The summed E-state index contributed by atoms with van der Waals surface area (Å²) in [7, 11) is 0. The van der Waals surface area contributed by atoms with E-state index in [4.69, 9.17) is 0 Å². The maximum atomic E-state index is 11.3. The summed E-state index contributed by atoms with van der Waals surface area (Å²) in [5.74, 6) is -0.123. The van der Waals surface area contributed by atoms with Crippen LogP contribution in [-0.2, 0) is 4.79 Å². The maximum Gasteiger partial charge on any atom is 0.0476 e. The Hall–Kier alpha value is -0.530. The predicted octanol–water partition coefficient (Wildman–Crippen LogP) is 1.34. The number of carbonyl (C=O) groups excluding carboxylic acids is 1. The normalized spacial score (nSPS) is 59.4. The second kappa shape index (κ2) is 2.02. The van der Waals surface area contributed by atoms with Gasteiger partial charge in [-0.2, -0.15) is 0 Å². The van der Waals surface area contributed by atoms with Gasteiger partial charge in [-0.3, -0.25) is 0 Å². The summed E-state index contributed by atoms with van der Waals surface area (Å²) in [6.45, 7) is 4.58. The predicted molar refractivity (Wildman–Crippen MR) is 50.2 cm³/mol. The van der Waals surface area contributed by atoms with E-state index in [0.29, 0.717) is 5.92 Å². The zero-order chi connectivity index (χ0) is 10.2. The zero-order valence-corrected chi connectivity index (χ0v) is 8.93. The Morgan fingerprint density at radius 3 is 2.00 bits per heavy atom. The monoisotopic (exact) mass is 193 g/mol. The number of hydrogen-bond acceptors (Lipinski definition) is 2. The standard InChI is InChI=1S/C12H18O2/c1-10-3-8-4-11(10,2)7-12(5-8,6-10)9(13)14/h8H,3-7H2,1-2H3,(H,13,14)/p-1/t8?,10-,11+,12?. The minimum atomic E-state index is -0.781. The van der Waals surface area contributed by atoms with E-state index in [1.807, 2.05) is 0 Å². The molecule has 0 saturated heterocycles. The smallest absolute Gasteiger partial charge is 0.0476 e. The molecule has 14 heavy (non-hydrogen) atoms. The van der Waals surface area contributed by atoms with Crippen molar-refractivity contribution in [3.63, 3.8) is 0 Å². The molecule has 4 aliphatic carbocycles. The molecule has 2 heteroatoms. The SMILES string of the molecule is C[C@]12CC3CC(C(=O)[O-])(C1)C[C@@]2(C)C3. The molecule has 4 saturated carbocycles. The van der Waals surface area contributed by atoms with E-state index < -0.39 is 11.4 Å². The molecule has 0 aliphatic heterocycles. The first kappa shape index (κ1) is 8.75. The largest absolute Gasteiger partial charge is 0.550 e. The van der Waals surface area contributed by atoms with Gasteiger partial charge < -0.3 is 9.90 Å². The van der Waals surface area contributed by atoms with Crippen LogP contribution in [0.4, 0.5) is 0 Å². The molecule has 0 N–H and O–H groups in total. The van der Waals surface area contributed by atoms with Crippen molar-refractivity contribution < 1.29 is 9.90 Å². The lowest BCUT2D eigenvalue weighted by atomic mass is 9.67. The maximum absolute atomic E-state index is 11.3. The lowest BCUT2D eigenvalue weighted by Crippen LogP contribution is -2.45. The summed E-state index contributed by atoms with van der Waals surface area (Å²) in [5, 5.41) is 11.3. The third kappa shape index (κ3) is 0.731. The van der Waals surface area contributed by atoms with Crippen molar-refractivity contribution >= 4 is 5.97 Å². The van der Waals surface area contributed by atoms with Gasteiger partial charge in [-0.15, -0.1) is 0 Å². The number of carboxylic acid groups (broad SMARTS) is 1. The molecular formula is C12H17O2-. The third-order valence-corrected chi connectivity index (χ3v) is 5.51. The van der Waals surface area contributed by atoms with Crippen molar-refractivity contribution in [2.45, 2.75) is 46.0 Å². The second-order valence-electron chi connectivity index (χ2n) is 6.52. The lowest BCUT2D eigenvalue weighted by Gasteiger charge is -2.41. The molecule has 0 radical (unpaired) electrons. The average molecular weight is 193 g/mol. The van der Waals surface area contributed by atoms with Gasteiger partial charge in [0.15, 0.2) is 0 Å². The number of rotatable bonds is 1. The fraction of sp³-hybridized carbons (Fsp3) is 0.917. The Morgan fingerprint density at radius 2 is 1.64 bits per heavy atom. The summed E-state index contributed by atoms with van der Waals surface area (Å²) in [6, 6.07) is 0.